The Balaban J connectivity index is 2.71. The summed E-state index contributed by atoms with van der Waals surface area (Å²) < 4.78 is 0. The summed E-state index contributed by atoms with van der Waals surface area (Å²) >= 11 is 0. The van der Waals surface area contributed by atoms with E-state index in [9.17, 15) is 14.4 Å². The van der Waals surface area contributed by atoms with Gasteiger partial charge in [-0.2, -0.15) is 0 Å². The molecule has 0 saturated carbocycles. The molecule has 1 aromatic rings. The van der Waals surface area contributed by atoms with Gasteiger partial charge in [0.15, 0.2) is 5.78 Å². The van der Waals surface area contributed by atoms with Crippen LogP contribution < -0.4 is 10.2 Å². The van der Waals surface area contributed by atoms with Gasteiger partial charge in [0, 0.05) is 37.7 Å². The predicted octanol–water partition coefficient (Wildman–Crippen LogP) is 2.16. The lowest BCUT2D eigenvalue weighted by molar-refractivity contribution is -0.121. The van der Waals surface area contributed by atoms with Crippen LogP contribution in [-0.4, -0.2) is 30.7 Å². The van der Waals surface area contributed by atoms with Crippen molar-refractivity contribution in [2.24, 2.45) is 0 Å². The van der Waals surface area contributed by atoms with Crippen LogP contribution in [0.15, 0.2) is 24.3 Å². The number of hydrogen-bond acceptors (Lipinski definition) is 3. The summed E-state index contributed by atoms with van der Waals surface area (Å²) in [5.41, 5.74) is 1.29. The zero-order chi connectivity index (χ0) is 15.8. The van der Waals surface area contributed by atoms with Crippen LogP contribution in [0.25, 0.3) is 0 Å². The van der Waals surface area contributed by atoms with Crippen LogP contribution in [0, 0.1) is 0 Å². The monoisotopic (exact) mass is 290 g/mol. The van der Waals surface area contributed by atoms with E-state index in [4.69, 9.17) is 0 Å². The van der Waals surface area contributed by atoms with Crippen LogP contribution in [0.5, 0.6) is 0 Å². The Hall–Kier alpha value is -2.17. The fraction of sp³-hybridized carbons (Fsp3) is 0.438. The molecule has 2 amide bonds. The third kappa shape index (κ3) is 5.38. The van der Waals surface area contributed by atoms with Gasteiger partial charge >= 0.3 is 0 Å². The maximum Gasteiger partial charge on any atom is 0.223 e. The van der Waals surface area contributed by atoms with Gasteiger partial charge in [-0.05, 0) is 37.6 Å². The van der Waals surface area contributed by atoms with Crippen molar-refractivity contribution < 1.29 is 14.4 Å². The van der Waals surface area contributed by atoms with Gasteiger partial charge in [-0.25, -0.2) is 0 Å². The number of amides is 2. The van der Waals surface area contributed by atoms with Crippen molar-refractivity contribution in [2.45, 2.75) is 33.6 Å². The zero-order valence-electron chi connectivity index (χ0n) is 12.8. The molecule has 1 rings (SSSR count). The van der Waals surface area contributed by atoms with Gasteiger partial charge in [-0.3, -0.25) is 14.4 Å². The summed E-state index contributed by atoms with van der Waals surface area (Å²) in [6.45, 7) is 5.91. The van der Waals surface area contributed by atoms with E-state index < -0.39 is 0 Å². The standard InChI is InChI=1S/C16H22N2O3/c1-4-10-17-16(21)9-11-18(13(3)20)15-7-5-14(6-8-15)12(2)19/h5-8H,4,9-11H2,1-3H3,(H,17,21). The van der Waals surface area contributed by atoms with Gasteiger partial charge < -0.3 is 10.2 Å². The molecule has 0 heterocycles. The number of Topliss-reactive ketones (excluding diaryl/α,β-unsaturated/α-hetero) is 1. The molecule has 0 radical (unpaired) electrons. The molecule has 0 aliphatic carbocycles. The number of benzene rings is 1. The second-order valence-electron chi connectivity index (χ2n) is 4.87. The molecular formula is C16H22N2O3. The summed E-state index contributed by atoms with van der Waals surface area (Å²) in [7, 11) is 0. The van der Waals surface area contributed by atoms with E-state index in [1.54, 1.807) is 24.3 Å². The fourth-order valence-corrected chi connectivity index (χ4v) is 1.91. The van der Waals surface area contributed by atoms with Crippen molar-refractivity contribution in [1.29, 1.82) is 0 Å². The van der Waals surface area contributed by atoms with Gasteiger partial charge in [0.05, 0.1) is 0 Å². The van der Waals surface area contributed by atoms with Crippen LogP contribution >= 0.6 is 0 Å². The molecule has 0 aromatic heterocycles. The number of rotatable bonds is 7. The van der Waals surface area contributed by atoms with Crippen LogP contribution in [0.1, 0.15) is 44.0 Å². The fourth-order valence-electron chi connectivity index (χ4n) is 1.91. The van der Waals surface area contributed by atoms with Crippen LogP contribution in [0.3, 0.4) is 0 Å². The van der Waals surface area contributed by atoms with E-state index >= 15 is 0 Å². The van der Waals surface area contributed by atoms with E-state index in [0.717, 1.165) is 6.42 Å². The minimum absolute atomic E-state index is 0.0186. The van der Waals surface area contributed by atoms with Crippen molar-refractivity contribution in [3.8, 4) is 0 Å². The Morgan fingerprint density at radius 1 is 1.10 bits per heavy atom. The number of anilines is 1. The maximum absolute atomic E-state index is 11.7. The van der Waals surface area contributed by atoms with Crippen molar-refractivity contribution in [3.05, 3.63) is 29.8 Å². The Kier molecular flexibility index (Phi) is 6.59. The second-order valence-corrected chi connectivity index (χ2v) is 4.87. The molecule has 0 unspecified atom stereocenters. The molecular weight excluding hydrogens is 268 g/mol. The SMILES string of the molecule is CCCNC(=O)CCN(C(C)=O)c1ccc(C(C)=O)cc1. The highest BCUT2D eigenvalue weighted by Crippen LogP contribution is 2.16. The minimum atomic E-state index is -0.131. The molecule has 0 fully saturated rings. The summed E-state index contributed by atoms with van der Waals surface area (Å²) in [6, 6.07) is 6.82. The Bertz CT molecular complexity index is 509. The van der Waals surface area contributed by atoms with Gasteiger partial charge in [0.2, 0.25) is 11.8 Å². The summed E-state index contributed by atoms with van der Waals surface area (Å²) in [6.07, 6.45) is 1.14. The number of ketones is 1. The number of hydrogen-bond donors (Lipinski definition) is 1. The van der Waals surface area contributed by atoms with Gasteiger partial charge in [-0.1, -0.05) is 6.92 Å². The maximum atomic E-state index is 11.7. The molecule has 0 aliphatic rings. The zero-order valence-corrected chi connectivity index (χ0v) is 12.8. The highest BCUT2D eigenvalue weighted by Gasteiger charge is 2.13. The normalized spacial score (nSPS) is 10.0. The predicted molar refractivity (Wildman–Crippen MR) is 82.4 cm³/mol. The molecule has 114 valence electrons. The third-order valence-electron chi connectivity index (χ3n) is 3.10. The van der Waals surface area contributed by atoms with Gasteiger partial charge in [0.1, 0.15) is 0 Å². The lowest BCUT2D eigenvalue weighted by Crippen LogP contribution is -2.34. The first kappa shape index (κ1) is 16.9. The summed E-state index contributed by atoms with van der Waals surface area (Å²) in [5.74, 6) is -0.216. The molecule has 0 atom stereocenters. The number of carbonyl (C=O) groups excluding carboxylic acids is 3. The van der Waals surface area contributed by atoms with Crippen LogP contribution in [0.2, 0.25) is 0 Å². The molecule has 1 N–H and O–H groups in total. The summed E-state index contributed by atoms with van der Waals surface area (Å²) in [4.78, 5) is 36.1. The third-order valence-corrected chi connectivity index (χ3v) is 3.10. The van der Waals surface area contributed by atoms with E-state index in [-0.39, 0.29) is 24.0 Å². The molecule has 0 saturated heterocycles. The van der Waals surface area contributed by atoms with Crippen molar-refractivity contribution >= 4 is 23.3 Å². The average Bonchev–Trinajstić information content (AvgIpc) is 2.45. The number of carbonyl (C=O) groups is 3. The van der Waals surface area contributed by atoms with Crippen molar-refractivity contribution in [2.75, 3.05) is 18.0 Å². The molecule has 21 heavy (non-hydrogen) atoms. The highest BCUT2D eigenvalue weighted by molar-refractivity contribution is 5.96. The molecule has 0 aliphatic heterocycles. The van der Waals surface area contributed by atoms with Crippen molar-refractivity contribution in [3.63, 3.8) is 0 Å². The first-order valence-corrected chi connectivity index (χ1v) is 7.11. The minimum Gasteiger partial charge on any atom is -0.356 e. The Morgan fingerprint density at radius 3 is 2.19 bits per heavy atom. The Labute approximate surface area is 125 Å². The van der Waals surface area contributed by atoms with Crippen LogP contribution in [-0.2, 0) is 9.59 Å². The van der Waals surface area contributed by atoms with E-state index in [1.165, 1.54) is 18.7 Å². The first-order chi connectivity index (χ1) is 9.95. The lowest BCUT2D eigenvalue weighted by atomic mass is 10.1. The first-order valence-electron chi connectivity index (χ1n) is 7.11. The van der Waals surface area contributed by atoms with E-state index in [0.29, 0.717) is 24.3 Å². The second kappa shape index (κ2) is 8.19. The largest absolute Gasteiger partial charge is 0.356 e. The van der Waals surface area contributed by atoms with Crippen LogP contribution in [0.4, 0.5) is 5.69 Å². The average molecular weight is 290 g/mol. The van der Waals surface area contributed by atoms with Crippen molar-refractivity contribution in [1.82, 2.24) is 5.32 Å². The molecule has 5 heteroatoms. The van der Waals surface area contributed by atoms with Gasteiger partial charge in [0.25, 0.3) is 0 Å². The highest BCUT2D eigenvalue weighted by atomic mass is 16.2. The molecule has 5 nitrogen and oxygen atoms in total. The molecule has 0 spiro atoms. The van der Waals surface area contributed by atoms with Gasteiger partial charge in [-0.15, -0.1) is 0 Å². The number of nitrogens with zero attached hydrogens (tertiary/aromatic N) is 1. The lowest BCUT2D eigenvalue weighted by Gasteiger charge is -2.21. The topological polar surface area (TPSA) is 66.5 Å². The molecule has 0 bridgehead atoms. The number of nitrogens with one attached hydrogen (secondary N) is 1. The quantitative estimate of drug-likeness (QED) is 0.783. The molecule has 1 aromatic carbocycles. The smallest absolute Gasteiger partial charge is 0.223 e. The summed E-state index contributed by atoms with van der Waals surface area (Å²) in [5, 5.41) is 2.78. The van der Waals surface area contributed by atoms with E-state index in [1.807, 2.05) is 6.92 Å². The van der Waals surface area contributed by atoms with E-state index in [2.05, 4.69) is 5.32 Å². The Morgan fingerprint density at radius 2 is 1.71 bits per heavy atom.